The summed E-state index contributed by atoms with van der Waals surface area (Å²) >= 11 is 0. The molecule has 0 atom stereocenters. The molecule has 17 heavy (non-hydrogen) atoms. The molecule has 90 valence electrons. The number of aryl methyl sites for hydroxylation is 1. The van der Waals surface area contributed by atoms with E-state index in [1.54, 1.807) is 12.5 Å². The second kappa shape index (κ2) is 5.34. The van der Waals surface area contributed by atoms with Crippen LogP contribution in [0, 0.1) is 0 Å². The number of H-pyrrole nitrogens is 1. The number of nitrogens with zero attached hydrogens (tertiary/aromatic N) is 2. The molecule has 2 aromatic rings. The smallest absolute Gasteiger partial charge is 0.267 e. The molecule has 0 radical (unpaired) electrons. The van der Waals surface area contributed by atoms with E-state index in [2.05, 4.69) is 15.3 Å². The van der Waals surface area contributed by atoms with Crippen molar-refractivity contribution in [2.45, 2.75) is 19.9 Å². The number of nitrogens with one attached hydrogen (secondary N) is 2. The maximum atomic E-state index is 11.9. The van der Waals surface area contributed by atoms with Gasteiger partial charge in [0.05, 0.1) is 6.33 Å². The van der Waals surface area contributed by atoms with Crippen molar-refractivity contribution in [3.05, 3.63) is 42.2 Å². The maximum absolute atomic E-state index is 11.9. The van der Waals surface area contributed by atoms with E-state index >= 15 is 0 Å². The number of aromatic nitrogens is 3. The lowest BCUT2D eigenvalue weighted by Crippen LogP contribution is -2.27. The fourth-order valence-electron chi connectivity index (χ4n) is 1.72. The van der Waals surface area contributed by atoms with Gasteiger partial charge in [-0.05, 0) is 19.1 Å². The van der Waals surface area contributed by atoms with Crippen molar-refractivity contribution >= 4 is 5.91 Å². The number of carbonyl (C=O) groups is 1. The Morgan fingerprint density at radius 2 is 2.47 bits per heavy atom. The Morgan fingerprint density at radius 1 is 1.59 bits per heavy atom. The summed E-state index contributed by atoms with van der Waals surface area (Å²) in [5.74, 6) is -0.0311. The van der Waals surface area contributed by atoms with Crippen molar-refractivity contribution in [3.63, 3.8) is 0 Å². The summed E-state index contributed by atoms with van der Waals surface area (Å²) in [6.07, 6.45) is 6.07. The number of amides is 1. The zero-order valence-corrected chi connectivity index (χ0v) is 9.81. The first-order valence-electron chi connectivity index (χ1n) is 5.72. The Hall–Kier alpha value is -2.04. The zero-order chi connectivity index (χ0) is 12.1. The highest BCUT2D eigenvalue weighted by atomic mass is 16.1. The number of hydrogen-bond acceptors (Lipinski definition) is 2. The van der Waals surface area contributed by atoms with E-state index in [-0.39, 0.29) is 5.91 Å². The third kappa shape index (κ3) is 2.75. The van der Waals surface area contributed by atoms with Gasteiger partial charge in [0.1, 0.15) is 5.69 Å². The van der Waals surface area contributed by atoms with Crippen LogP contribution in [0.25, 0.3) is 0 Å². The predicted molar refractivity (Wildman–Crippen MR) is 64.7 cm³/mol. The highest BCUT2D eigenvalue weighted by molar-refractivity contribution is 5.92. The van der Waals surface area contributed by atoms with Crippen molar-refractivity contribution in [3.8, 4) is 0 Å². The fraction of sp³-hybridized carbons (Fsp3) is 0.333. The van der Waals surface area contributed by atoms with Gasteiger partial charge in [-0.1, -0.05) is 0 Å². The molecule has 0 fully saturated rings. The largest absolute Gasteiger partial charge is 0.350 e. The molecule has 0 spiro atoms. The van der Waals surface area contributed by atoms with E-state index in [0.717, 1.165) is 18.7 Å². The summed E-state index contributed by atoms with van der Waals surface area (Å²) in [7, 11) is 0. The first-order valence-corrected chi connectivity index (χ1v) is 5.72. The van der Waals surface area contributed by atoms with Crippen LogP contribution in [0.1, 0.15) is 23.1 Å². The van der Waals surface area contributed by atoms with E-state index in [0.29, 0.717) is 12.2 Å². The van der Waals surface area contributed by atoms with Gasteiger partial charge in [-0.15, -0.1) is 0 Å². The summed E-state index contributed by atoms with van der Waals surface area (Å²) in [6, 6.07) is 3.71. The van der Waals surface area contributed by atoms with Gasteiger partial charge in [-0.25, -0.2) is 4.98 Å². The standard InChI is InChI=1S/C12H16N4O/c1-2-16-7-3-4-11(16)12(17)14-6-5-10-8-13-9-15-10/h3-4,7-9H,2,5-6H2,1H3,(H,13,15)(H,14,17). The van der Waals surface area contributed by atoms with Crippen LogP contribution < -0.4 is 5.32 Å². The van der Waals surface area contributed by atoms with Gasteiger partial charge in [0.15, 0.2) is 0 Å². The first kappa shape index (κ1) is 11.4. The van der Waals surface area contributed by atoms with Crippen LogP contribution in [0.2, 0.25) is 0 Å². The minimum Gasteiger partial charge on any atom is -0.350 e. The first-order chi connectivity index (χ1) is 8.31. The van der Waals surface area contributed by atoms with Crippen molar-refractivity contribution in [1.82, 2.24) is 19.9 Å². The minimum atomic E-state index is -0.0311. The molecule has 2 rings (SSSR count). The molecule has 0 aliphatic heterocycles. The monoisotopic (exact) mass is 232 g/mol. The van der Waals surface area contributed by atoms with Gasteiger partial charge in [0, 0.05) is 37.6 Å². The van der Waals surface area contributed by atoms with Gasteiger partial charge in [-0.2, -0.15) is 0 Å². The summed E-state index contributed by atoms with van der Waals surface area (Å²) in [6.45, 7) is 3.42. The SMILES string of the molecule is CCn1cccc1C(=O)NCCc1cnc[nH]1. The van der Waals surface area contributed by atoms with Crippen LogP contribution >= 0.6 is 0 Å². The topological polar surface area (TPSA) is 62.7 Å². The molecule has 0 saturated carbocycles. The van der Waals surface area contributed by atoms with E-state index in [1.807, 2.05) is 29.8 Å². The number of rotatable bonds is 5. The summed E-state index contributed by atoms with van der Waals surface area (Å²) in [5, 5.41) is 2.89. The lowest BCUT2D eigenvalue weighted by Gasteiger charge is -2.07. The molecule has 0 aliphatic carbocycles. The summed E-state index contributed by atoms with van der Waals surface area (Å²) in [4.78, 5) is 18.8. The third-order valence-electron chi connectivity index (χ3n) is 2.64. The van der Waals surface area contributed by atoms with Crippen LogP contribution in [0.3, 0.4) is 0 Å². The van der Waals surface area contributed by atoms with Crippen molar-refractivity contribution in [2.24, 2.45) is 0 Å². The lowest BCUT2D eigenvalue weighted by molar-refractivity contribution is 0.0945. The Balaban J connectivity index is 1.85. The van der Waals surface area contributed by atoms with Crippen molar-refractivity contribution < 1.29 is 4.79 Å². The molecule has 0 saturated heterocycles. The Bertz CT molecular complexity index is 472. The average molecular weight is 232 g/mol. The molecule has 2 aromatic heterocycles. The Morgan fingerprint density at radius 3 is 3.18 bits per heavy atom. The maximum Gasteiger partial charge on any atom is 0.267 e. The van der Waals surface area contributed by atoms with Crippen LogP contribution in [0.15, 0.2) is 30.9 Å². The second-order valence-electron chi connectivity index (χ2n) is 3.76. The molecule has 5 nitrogen and oxygen atoms in total. The predicted octanol–water partition coefficient (Wildman–Crippen LogP) is 1.20. The lowest BCUT2D eigenvalue weighted by atomic mass is 10.3. The molecule has 0 bridgehead atoms. The molecule has 5 heteroatoms. The van der Waals surface area contributed by atoms with E-state index in [9.17, 15) is 4.79 Å². The van der Waals surface area contributed by atoms with Crippen molar-refractivity contribution in [1.29, 1.82) is 0 Å². The van der Waals surface area contributed by atoms with Crippen LogP contribution in [0.5, 0.6) is 0 Å². The van der Waals surface area contributed by atoms with Gasteiger partial charge in [0.2, 0.25) is 0 Å². The normalized spacial score (nSPS) is 10.4. The van der Waals surface area contributed by atoms with Gasteiger partial charge >= 0.3 is 0 Å². The molecular weight excluding hydrogens is 216 g/mol. The Labute approximate surface area is 99.9 Å². The molecule has 2 N–H and O–H groups in total. The molecule has 0 unspecified atom stereocenters. The molecule has 0 aliphatic rings. The van der Waals surface area contributed by atoms with Crippen LogP contribution in [-0.2, 0) is 13.0 Å². The third-order valence-corrected chi connectivity index (χ3v) is 2.64. The molecule has 1 amide bonds. The quantitative estimate of drug-likeness (QED) is 0.813. The van der Waals surface area contributed by atoms with Gasteiger partial charge in [-0.3, -0.25) is 4.79 Å². The molecular formula is C12H16N4O. The average Bonchev–Trinajstić information content (AvgIpc) is 2.99. The summed E-state index contributed by atoms with van der Waals surface area (Å²) in [5.41, 5.74) is 1.73. The highest BCUT2D eigenvalue weighted by Gasteiger charge is 2.08. The molecule has 2 heterocycles. The van der Waals surface area contributed by atoms with Crippen LogP contribution in [-0.4, -0.2) is 27.0 Å². The second-order valence-corrected chi connectivity index (χ2v) is 3.76. The number of aromatic amines is 1. The Kier molecular flexibility index (Phi) is 3.59. The molecule has 0 aromatic carbocycles. The number of carbonyl (C=O) groups excluding carboxylic acids is 1. The van der Waals surface area contributed by atoms with E-state index in [4.69, 9.17) is 0 Å². The van der Waals surface area contributed by atoms with Gasteiger partial charge in [0.25, 0.3) is 5.91 Å². The van der Waals surface area contributed by atoms with E-state index < -0.39 is 0 Å². The minimum absolute atomic E-state index is 0.0311. The zero-order valence-electron chi connectivity index (χ0n) is 9.81. The fourth-order valence-corrected chi connectivity index (χ4v) is 1.72. The van der Waals surface area contributed by atoms with Crippen molar-refractivity contribution in [2.75, 3.05) is 6.54 Å². The number of imidazole rings is 1. The van der Waals surface area contributed by atoms with Crippen LogP contribution in [0.4, 0.5) is 0 Å². The summed E-state index contributed by atoms with van der Waals surface area (Å²) < 4.78 is 1.92. The highest BCUT2D eigenvalue weighted by Crippen LogP contribution is 2.01. The van der Waals surface area contributed by atoms with E-state index in [1.165, 1.54) is 0 Å². The number of hydrogen-bond donors (Lipinski definition) is 2. The van der Waals surface area contributed by atoms with Gasteiger partial charge < -0.3 is 14.9 Å².